The molecule has 2 aromatic carbocycles. The van der Waals surface area contributed by atoms with E-state index in [0.29, 0.717) is 10.8 Å². The second-order valence-corrected chi connectivity index (χ2v) is 6.36. The van der Waals surface area contributed by atoms with Gasteiger partial charge in [-0.3, -0.25) is 4.79 Å². The normalized spacial score (nSPS) is 10.6. The molecule has 0 spiro atoms. The molecule has 0 aliphatic carbocycles. The van der Waals surface area contributed by atoms with Gasteiger partial charge in [0.25, 0.3) is 5.91 Å². The van der Waals surface area contributed by atoms with E-state index < -0.39 is 0 Å². The second-order valence-electron chi connectivity index (χ2n) is 5.41. The first-order valence-corrected chi connectivity index (χ1v) is 8.64. The zero-order chi connectivity index (χ0) is 17.1. The maximum Gasteiger partial charge on any atom is 0.265 e. The summed E-state index contributed by atoms with van der Waals surface area (Å²) in [5.74, 6) is 0.445. The number of benzene rings is 2. The van der Waals surface area contributed by atoms with E-state index in [1.807, 2.05) is 66.0 Å². The molecule has 5 heteroatoms. The van der Waals surface area contributed by atoms with Gasteiger partial charge in [-0.25, -0.2) is 4.98 Å². The van der Waals surface area contributed by atoms with E-state index in [1.54, 1.807) is 12.3 Å². The van der Waals surface area contributed by atoms with E-state index in [9.17, 15) is 4.79 Å². The van der Waals surface area contributed by atoms with Crippen LogP contribution < -0.4 is 5.32 Å². The first-order chi connectivity index (χ1) is 12.3. The molecule has 0 aliphatic rings. The van der Waals surface area contributed by atoms with Crippen molar-refractivity contribution in [2.45, 2.75) is 0 Å². The van der Waals surface area contributed by atoms with E-state index in [1.165, 1.54) is 11.3 Å². The van der Waals surface area contributed by atoms with Crippen LogP contribution in [0.5, 0.6) is 0 Å². The summed E-state index contributed by atoms with van der Waals surface area (Å²) in [7, 11) is 0. The highest BCUT2D eigenvalue weighted by molar-refractivity contribution is 7.12. The zero-order valence-electron chi connectivity index (χ0n) is 13.2. The topological polar surface area (TPSA) is 55.1 Å². The van der Waals surface area contributed by atoms with Crippen molar-refractivity contribution in [1.29, 1.82) is 0 Å². The molecule has 0 bridgehead atoms. The third-order valence-corrected chi connectivity index (χ3v) is 4.58. The Hall–Kier alpha value is -3.18. The summed E-state index contributed by atoms with van der Waals surface area (Å²) in [4.78, 5) is 17.3. The summed E-state index contributed by atoms with van der Waals surface area (Å²) in [6.07, 6.45) is 1.65. The van der Waals surface area contributed by atoms with E-state index in [4.69, 9.17) is 4.42 Å². The lowest BCUT2D eigenvalue weighted by molar-refractivity contribution is 0.103. The van der Waals surface area contributed by atoms with E-state index in [-0.39, 0.29) is 5.91 Å². The van der Waals surface area contributed by atoms with Crippen LogP contribution in [-0.4, -0.2) is 10.9 Å². The molecule has 0 unspecified atom stereocenters. The highest BCUT2D eigenvalue weighted by atomic mass is 32.1. The van der Waals surface area contributed by atoms with Crippen LogP contribution in [0.1, 0.15) is 9.67 Å². The number of rotatable bonds is 4. The predicted octanol–water partition coefficient (Wildman–Crippen LogP) is 5.32. The number of nitrogens with zero attached hydrogens (tertiary/aromatic N) is 1. The molecule has 4 rings (SSSR count). The van der Waals surface area contributed by atoms with Crippen LogP contribution in [0, 0.1) is 0 Å². The number of hydrogen-bond donors (Lipinski definition) is 1. The summed E-state index contributed by atoms with van der Waals surface area (Å²) in [6, 6.07) is 21.0. The average Bonchev–Trinajstić information content (AvgIpc) is 3.35. The van der Waals surface area contributed by atoms with Gasteiger partial charge >= 0.3 is 0 Å². The molecule has 25 heavy (non-hydrogen) atoms. The molecule has 0 saturated heterocycles. The number of nitrogens with one attached hydrogen (secondary N) is 1. The molecular weight excluding hydrogens is 332 g/mol. The van der Waals surface area contributed by atoms with Gasteiger partial charge in [0.1, 0.15) is 12.0 Å². The minimum absolute atomic E-state index is 0.106. The second kappa shape index (κ2) is 6.75. The molecule has 4 nitrogen and oxygen atoms in total. The molecule has 0 fully saturated rings. The lowest BCUT2D eigenvalue weighted by atomic mass is 10.2. The number of anilines is 1. The Morgan fingerprint density at radius 1 is 0.920 bits per heavy atom. The monoisotopic (exact) mass is 346 g/mol. The first-order valence-electron chi connectivity index (χ1n) is 7.76. The van der Waals surface area contributed by atoms with E-state index in [2.05, 4.69) is 10.3 Å². The van der Waals surface area contributed by atoms with Crippen LogP contribution in [0.4, 0.5) is 5.69 Å². The first kappa shape index (κ1) is 15.4. The van der Waals surface area contributed by atoms with Gasteiger partial charge < -0.3 is 9.73 Å². The number of thiophene rings is 1. The maximum absolute atomic E-state index is 12.1. The maximum atomic E-state index is 12.1. The minimum Gasteiger partial charge on any atom is -0.444 e. The highest BCUT2D eigenvalue weighted by Gasteiger charge is 2.10. The SMILES string of the molecule is O=C(Nc1ccc(-c2nc(-c3ccccc3)co2)cc1)c1cccs1. The molecule has 122 valence electrons. The number of amides is 1. The number of carbonyl (C=O) groups is 1. The van der Waals surface area contributed by atoms with Gasteiger partial charge in [-0.2, -0.15) is 0 Å². The number of hydrogen-bond acceptors (Lipinski definition) is 4. The Bertz CT molecular complexity index is 974. The van der Waals surface area contributed by atoms with Crippen molar-refractivity contribution in [3.05, 3.63) is 83.3 Å². The zero-order valence-corrected chi connectivity index (χ0v) is 14.0. The largest absolute Gasteiger partial charge is 0.444 e. The van der Waals surface area contributed by atoms with Gasteiger partial charge in [0.05, 0.1) is 4.88 Å². The van der Waals surface area contributed by atoms with Crippen molar-refractivity contribution in [3.8, 4) is 22.7 Å². The summed E-state index contributed by atoms with van der Waals surface area (Å²) in [5, 5.41) is 4.75. The van der Waals surface area contributed by atoms with Gasteiger partial charge in [-0.15, -0.1) is 11.3 Å². The Morgan fingerprint density at radius 3 is 2.44 bits per heavy atom. The summed E-state index contributed by atoms with van der Waals surface area (Å²) >= 11 is 1.41. The lowest BCUT2D eigenvalue weighted by Crippen LogP contribution is -2.09. The average molecular weight is 346 g/mol. The van der Waals surface area contributed by atoms with Crippen LogP contribution >= 0.6 is 11.3 Å². The van der Waals surface area contributed by atoms with Crippen molar-refractivity contribution in [1.82, 2.24) is 4.98 Å². The Labute approximate surface area is 148 Å². The fourth-order valence-electron chi connectivity index (χ4n) is 2.44. The standard InChI is InChI=1S/C20H14N2O2S/c23-19(18-7-4-12-25-18)21-16-10-8-15(9-11-16)20-22-17(13-24-20)14-5-2-1-3-6-14/h1-13H,(H,21,23). The smallest absolute Gasteiger partial charge is 0.265 e. The summed E-state index contributed by atoms with van der Waals surface area (Å²) in [5.41, 5.74) is 3.40. The lowest BCUT2D eigenvalue weighted by Gasteiger charge is -2.04. The van der Waals surface area contributed by atoms with Gasteiger partial charge in [-0.1, -0.05) is 36.4 Å². The Kier molecular flexibility index (Phi) is 4.14. The third-order valence-electron chi connectivity index (χ3n) is 3.71. The van der Waals surface area contributed by atoms with Crippen molar-refractivity contribution in [2.24, 2.45) is 0 Å². The van der Waals surface area contributed by atoms with Crippen LogP contribution in [-0.2, 0) is 0 Å². The van der Waals surface area contributed by atoms with Crippen molar-refractivity contribution in [3.63, 3.8) is 0 Å². The quantitative estimate of drug-likeness (QED) is 0.544. The van der Waals surface area contributed by atoms with Gasteiger partial charge in [0, 0.05) is 16.8 Å². The summed E-state index contributed by atoms with van der Waals surface area (Å²) in [6.45, 7) is 0. The van der Waals surface area contributed by atoms with Gasteiger partial charge in [0.15, 0.2) is 0 Å². The van der Waals surface area contributed by atoms with Gasteiger partial charge in [0.2, 0.25) is 5.89 Å². The molecule has 0 radical (unpaired) electrons. The Balaban J connectivity index is 1.51. The summed E-state index contributed by atoms with van der Waals surface area (Å²) < 4.78 is 5.59. The van der Waals surface area contributed by atoms with Crippen LogP contribution in [0.3, 0.4) is 0 Å². The third kappa shape index (κ3) is 3.36. The highest BCUT2D eigenvalue weighted by Crippen LogP contribution is 2.25. The number of aromatic nitrogens is 1. The molecular formula is C20H14N2O2S. The van der Waals surface area contributed by atoms with Crippen molar-refractivity contribution in [2.75, 3.05) is 5.32 Å². The van der Waals surface area contributed by atoms with Crippen LogP contribution in [0.15, 0.2) is 82.8 Å². The fourth-order valence-corrected chi connectivity index (χ4v) is 3.06. The van der Waals surface area contributed by atoms with Gasteiger partial charge in [-0.05, 0) is 35.7 Å². The molecule has 0 atom stereocenters. The van der Waals surface area contributed by atoms with Crippen molar-refractivity contribution >= 4 is 22.9 Å². The molecule has 1 N–H and O–H groups in total. The Morgan fingerprint density at radius 2 is 1.72 bits per heavy atom. The molecule has 0 aliphatic heterocycles. The number of carbonyl (C=O) groups excluding carboxylic acids is 1. The molecule has 0 saturated carbocycles. The van der Waals surface area contributed by atoms with Crippen LogP contribution in [0.25, 0.3) is 22.7 Å². The predicted molar refractivity (Wildman–Crippen MR) is 99.6 cm³/mol. The van der Waals surface area contributed by atoms with Crippen molar-refractivity contribution < 1.29 is 9.21 Å². The molecule has 2 heterocycles. The number of oxazole rings is 1. The molecule has 4 aromatic rings. The minimum atomic E-state index is -0.106. The molecule has 2 aromatic heterocycles. The fraction of sp³-hybridized carbons (Fsp3) is 0. The van der Waals surface area contributed by atoms with Crippen LogP contribution in [0.2, 0.25) is 0 Å². The molecule has 1 amide bonds. The van der Waals surface area contributed by atoms with E-state index in [0.717, 1.165) is 22.5 Å². The van der Waals surface area contributed by atoms with E-state index >= 15 is 0 Å².